The fourth-order valence-electron chi connectivity index (χ4n) is 3.34. The number of carbonyl (C=O) groups is 1. The van der Waals surface area contributed by atoms with Crippen molar-refractivity contribution in [2.75, 3.05) is 17.7 Å². The minimum atomic E-state index is -0.587. The van der Waals surface area contributed by atoms with Crippen molar-refractivity contribution in [3.05, 3.63) is 18.5 Å². The number of nitrogen functional groups attached to an aromatic ring is 1. The van der Waals surface area contributed by atoms with Crippen LogP contribution in [0.2, 0.25) is 0 Å². The molecule has 0 unspecified atom stereocenters. The van der Waals surface area contributed by atoms with Gasteiger partial charge in [0.15, 0.2) is 17.0 Å². The van der Waals surface area contributed by atoms with Crippen LogP contribution in [0, 0.1) is 11.8 Å². The van der Waals surface area contributed by atoms with Crippen LogP contribution in [0.3, 0.4) is 0 Å². The lowest BCUT2D eigenvalue weighted by molar-refractivity contribution is -0.147. The zero-order chi connectivity index (χ0) is 19.8. The van der Waals surface area contributed by atoms with Gasteiger partial charge >= 0.3 is 5.97 Å². The maximum Gasteiger partial charge on any atom is 0.323 e. The SMILES string of the molecule is CC(C)[C@H](N)C(=O)OC[C@@H]1C=C[C@H](n2cnc3c(NC4CC4)nc(N)nc32)C1. The van der Waals surface area contributed by atoms with E-state index in [-0.39, 0.29) is 29.8 Å². The molecule has 2 aromatic heterocycles. The Morgan fingerprint density at radius 1 is 1.36 bits per heavy atom. The van der Waals surface area contributed by atoms with Gasteiger partial charge in [-0.2, -0.15) is 9.97 Å². The van der Waals surface area contributed by atoms with Crippen molar-refractivity contribution in [3.8, 4) is 0 Å². The molecule has 0 spiro atoms. The first-order valence-corrected chi connectivity index (χ1v) is 9.79. The molecule has 150 valence electrons. The Morgan fingerprint density at radius 2 is 2.14 bits per heavy atom. The Balaban J connectivity index is 1.44. The van der Waals surface area contributed by atoms with Gasteiger partial charge in [0.05, 0.1) is 19.0 Å². The Morgan fingerprint density at radius 3 is 2.86 bits per heavy atom. The van der Waals surface area contributed by atoms with Crippen LogP contribution in [0.4, 0.5) is 11.8 Å². The number of aromatic nitrogens is 4. The van der Waals surface area contributed by atoms with E-state index in [2.05, 4.69) is 32.4 Å². The second kappa shape index (κ2) is 7.38. The highest BCUT2D eigenvalue weighted by molar-refractivity contribution is 5.84. The van der Waals surface area contributed by atoms with E-state index in [9.17, 15) is 4.79 Å². The van der Waals surface area contributed by atoms with Crippen molar-refractivity contribution in [2.24, 2.45) is 17.6 Å². The Bertz CT molecular complexity index is 903. The van der Waals surface area contributed by atoms with Crippen LogP contribution in [0.1, 0.15) is 39.2 Å². The van der Waals surface area contributed by atoms with Crippen LogP contribution >= 0.6 is 0 Å². The average Bonchev–Trinajstić information content (AvgIpc) is 3.17. The number of allylic oxidation sites excluding steroid dienone is 1. The molecular formula is C19H27N7O2. The number of rotatable bonds is 7. The number of carbonyl (C=O) groups excluding carboxylic acids is 1. The van der Waals surface area contributed by atoms with E-state index in [1.165, 1.54) is 0 Å². The molecule has 2 aliphatic carbocycles. The fraction of sp³-hybridized carbons (Fsp3) is 0.579. The van der Waals surface area contributed by atoms with Gasteiger partial charge in [0.2, 0.25) is 5.95 Å². The van der Waals surface area contributed by atoms with Crippen molar-refractivity contribution >= 4 is 28.9 Å². The average molecular weight is 385 g/mol. The molecule has 28 heavy (non-hydrogen) atoms. The fourth-order valence-corrected chi connectivity index (χ4v) is 3.34. The van der Waals surface area contributed by atoms with Crippen LogP contribution in [-0.2, 0) is 9.53 Å². The van der Waals surface area contributed by atoms with Gasteiger partial charge in [-0.25, -0.2) is 4.98 Å². The van der Waals surface area contributed by atoms with Gasteiger partial charge in [-0.3, -0.25) is 4.79 Å². The summed E-state index contributed by atoms with van der Waals surface area (Å²) in [5, 5.41) is 3.37. The Labute approximate surface area is 163 Å². The standard InChI is InChI=1S/C19H27N7O2/c1-10(2)14(20)18(27)28-8-11-3-6-13(7-11)26-9-22-15-16(23-12-4-5-12)24-19(21)25-17(15)26/h3,6,9-14H,4-5,7-8,20H2,1-2H3,(H3,21,23,24,25)/t11-,13+,14+/m1/s1. The molecule has 9 nitrogen and oxygen atoms in total. The molecule has 2 heterocycles. The molecule has 0 saturated heterocycles. The molecule has 5 N–H and O–H groups in total. The van der Waals surface area contributed by atoms with E-state index < -0.39 is 6.04 Å². The Hall–Kier alpha value is -2.68. The number of hydrogen-bond donors (Lipinski definition) is 3. The minimum Gasteiger partial charge on any atom is -0.464 e. The summed E-state index contributed by atoms with van der Waals surface area (Å²) in [4.78, 5) is 25.2. The summed E-state index contributed by atoms with van der Waals surface area (Å²) in [6.07, 6.45) is 9.00. The summed E-state index contributed by atoms with van der Waals surface area (Å²) >= 11 is 0. The zero-order valence-corrected chi connectivity index (χ0v) is 16.2. The maximum absolute atomic E-state index is 12.0. The van der Waals surface area contributed by atoms with Gasteiger partial charge < -0.3 is 26.1 Å². The molecule has 9 heteroatoms. The highest BCUT2D eigenvalue weighted by atomic mass is 16.5. The van der Waals surface area contributed by atoms with E-state index in [1.54, 1.807) is 6.33 Å². The summed E-state index contributed by atoms with van der Waals surface area (Å²) in [5.41, 5.74) is 13.2. The van der Waals surface area contributed by atoms with Gasteiger partial charge in [-0.05, 0) is 25.2 Å². The first-order chi connectivity index (χ1) is 13.4. The third kappa shape index (κ3) is 3.80. The molecule has 1 saturated carbocycles. The van der Waals surface area contributed by atoms with Crippen molar-refractivity contribution in [2.45, 2.75) is 51.2 Å². The van der Waals surface area contributed by atoms with Crippen LogP contribution in [-0.4, -0.2) is 44.2 Å². The van der Waals surface area contributed by atoms with Crippen LogP contribution in [0.15, 0.2) is 18.5 Å². The third-order valence-corrected chi connectivity index (χ3v) is 5.29. The lowest BCUT2D eigenvalue weighted by Crippen LogP contribution is -2.37. The largest absolute Gasteiger partial charge is 0.464 e. The van der Waals surface area contributed by atoms with Crippen LogP contribution < -0.4 is 16.8 Å². The number of imidazole rings is 1. The topological polar surface area (TPSA) is 134 Å². The molecule has 0 aliphatic heterocycles. The molecule has 1 fully saturated rings. The van der Waals surface area contributed by atoms with Crippen molar-refractivity contribution in [3.63, 3.8) is 0 Å². The number of fused-ring (bicyclic) bond motifs is 1. The normalized spacial score (nSPS) is 22.7. The Kier molecular flexibility index (Phi) is 4.92. The molecule has 0 radical (unpaired) electrons. The van der Waals surface area contributed by atoms with Gasteiger partial charge in [0.1, 0.15) is 6.04 Å². The van der Waals surface area contributed by atoms with E-state index in [1.807, 2.05) is 18.4 Å². The molecule has 4 rings (SSSR count). The second-order valence-electron chi connectivity index (χ2n) is 8.02. The van der Waals surface area contributed by atoms with Gasteiger partial charge in [-0.15, -0.1) is 0 Å². The van der Waals surface area contributed by atoms with Gasteiger partial charge in [-0.1, -0.05) is 26.0 Å². The molecule has 2 aromatic rings. The molecule has 3 atom stereocenters. The summed E-state index contributed by atoms with van der Waals surface area (Å²) in [6.45, 7) is 4.13. The highest BCUT2D eigenvalue weighted by Gasteiger charge is 2.27. The number of ether oxygens (including phenoxy) is 1. The predicted molar refractivity (Wildman–Crippen MR) is 106 cm³/mol. The van der Waals surface area contributed by atoms with E-state index in [0.717, 1.165) is 24.8 Å². The first-order valence-electron chi connectivity index (χ1n) is 9.79. The number of nitrogens with zero attached hydrogens (tertiary/aromatic N) is 4. The molecule has 0 bridgehead atoms. The lowest BCUT2D eigenvalue weighted by Gasteiger charge is -2.17. The van der Waals surface area contributed by atoms with E-state index in [4.69, 9.17) is 16.2 Å². The van der Waals surface area contributed by atoms with Crippen molar-refractivity contribution in [1.29, 1.82) is 0 Å². The smallest absolute Gasteiger partial charge is 0.323 e. The monoisotopic (exact) mass is 385 g/mol. The summed E-state index contributed by atoms with van der Waals surface area (Å²) in [7, 11) is 0. The quantitative estimate of drug-likeness (QED) is 0.483. The van der Waals surface area contributed by atoms with Crippen LogP contribution in [0.5, 0.6) is 0 Å². The number of nitrogens with two attached hydrogens (primary N) is 2. The van der Waals surface area contributed by atoms with Crippen LogP contribution in [0.25, 0.3) is 11.2 Å². The summed E-state index contributed by atoms with van der Waals surface area (Å²) in [6, 6.07) is -0.0586. The van der Waals surface area contributed by atoms with Crippen molar-refractivity contribution < 1.29 is 9.53 Å². The third-order valence-electron chi connectivity index (χ3n) is 5.29. The van der Waals surface area contributed by atoms with Gasteiger partial charge in [0, 0.05) is 12.0 Å². The van der Waals surface area contributed by atoms with E-state index in [0.29, 0.717) is 24.1 Å². The molecular weight excluding hydrogens is 358 g/mol. The van der Waals surface area contributed by atoms with E-state index >= 15 is 0 Å². The van der Waals surface area contributed by atoms with Gasteiger partial charge in [0.25, 0.3) is 0 Å². The first kappa shape index (κ1) is 18.7. The minimum absolute atomic E-state index is 0.0558. The second-order valence-corrected chi connectivity index (χ2v) is 8.02. The lowest BCUT2D eigenvalue weighted by atomic mass is 10.1. The number of anilines is 2. The number of nitrogens with one attached hydrogen (secondary N) is 1. The summed E-state index contributed by atoms with van der Waals surface area (Å²) in [5.74, 6) is 0.761. The maximum atomic E-state index is 12.0. The molecule has 2 aliphatic rings. The number of esters is 1. The molecule has 0 amide bonds. The van der Waals surface area contributed by atoms with Crippen molar-refractivity contribution in [1.82, 2.24) is 19.5 Å². The summed E-state index contributed by atoms with van der Waals surface area (Å²) < 4.78 is 7.40. The molecule has 0 aromatic carbocycles. The highest BCUT2D eigenvalue weighted by Crippen LogP contribution is 2.33. The number of hydrogen-bond acceptors (Lipinski definition) is 8. The predicted octanol–water partition coefficient (Wildman–Crippen LogP) is 1.63. The zero-order valence-electron chi connectivity index (χ0n) is 16.2.